The number of ketones is 1. The van der Waals surface area contributed by atoms with Gasteiger partial charge in [0.1, 0.15) is 17.2 Å². The Labute approximate surface area is 146 Å². The average Bonchev–Trinajstić information content (AvgIpc) is 2.92. The van der Waals surface area contributed by atoms with Crippen LogP contribution in [0, 0.1) is 0 Å². The number of pyridine rings is 1. The Morgan fingerprint density at radius 2 is 2.16 bits per heavy atom. The topological polar surface area (TPSA) is 82.2 Å². The Bertz CT molecular complexity index is 877. The van der Waals surface area contributed by atoms with Crippen LogP contribution >= 0.6 is 0 Å². The molecule has 0 bridgehead atoms. The zero-order valence-corrected chi connectivity index (χ0v) is 14.3. The summed E-state index contributed by atoms with van der Waals surface area (Å²) >= 11 is 0. The van der Waals surface area contributed by atoms with Gasteiger partial charge in [-0.2, -0.15) is 0 Å². The number of aromatic nitrogens is 2. The summed E-state index contributed by atoms with van der Waals surface area (Å²) in [4.78, 5) is 18.0. The lowest BCUT2D eigenvalue weighted by Crippen LogP contribution is -2.16. The van der Waals surface area contributed by atoms with Crippen molar-refractivity contribution >= 4 is 28.5 Å². The molecule has 1 aliphatic carbocycles. The normalized spacial score (nSPS) is 16.0. The molecule has 0 radical (unpaired) electrons. The van der Waals surface area contributed by atoms with Crippen molar-refractivity contribution in [2.45, 2.75) is 6.42 Å². The molecule has 2 N–H and O–H groups in total. The second-order valence-corrected chi connectivity index (χ2v) is 6.07. The first-order chi connectivity index (χ1) is 12.0. The van der Waals surface area contributed by atoms with Crippen LogP contribution in [-0.2, 0) is 4.79 Å². The smallest absolute Gasteiger partial charge is 0.182 e. The molecular formula is C18H21N5O2. The van der Waals surface area contributed by atoms with E-state index in [1.807, 2.05) is 38.5 Å². The van der Waals surface area contributed by atoms with Gasteiger partial charge >= 0.3 is 0 Å². The van der Waals surface area contributed by atoms with Crippen molar-refractivity contribution in [1.82, 2.24) is 14.5 Å². The largest absolute Gasteiger partial charge is 0.506 e. The minimum Gasteiger partial charge on any atom is -0.506 e. The Morgan fingerprint density at radius 3 is 2.92 bits per heavy atom. The predicted molar refractivity (Wildman–Crippen MR) is 98.8 cm³/mol. The van der Waals surface area contributed by atoms with Gasteiger partial charge < -0.3 is 15.3 Å². The summed E-state index contributed by atoms with van der Waals surface area (Å²) in [7, 11) is 4.07. The van der Waals surface area contributed by atoms with Gasteiger partial charge in [-0.1, -0.05) is 6.07 Å². The van der Waals surface area contributed by atoms with Crippen molar-refractivity contribution in [1.29, 1.82) is 0 Å². The first-order valence-corrected chi connectivity index (χ1v) is 8.12. The molecule has 0 spiro atoms. The molecule has 0 aromatic carbocycles. The second kappa shape index (κ2) is 7.31. The highest BCUT2D eigenvalue weighted by atomic mass is 16.3. The first kappa shape index (κ1) is 16.9. The molecule has 2 aromatic rings. The lowest BCUT2D eigenvalue weighted by molar-refractivity contribution is -0.110. The van der Waals surface area contributed by atoms with Crippen molar-refractivity contribution in [2.75, 3.05) is 32.5 Å². The van der Waals surface area contributed by atoms with E-state index < -0.39 is 0 Å². The summed E-state index contributed by atoms with van der Waals surface area (Å²) < 4.78 is 1.74. The molecule has 0 saturated heterocycles. The fourth-order valence-electron chi connectivity index (χ4n) is 2.54. The second-order valence-electron chi connectivity index (χ2n) is 6.07. The van der Waals surface area contributed by atoms with E-state index in [1.54, 1.807) is 4.52 Å². The zero-order chi connectivity index (χ0) is 17.8. The number of allylic oxidation sites excluding steroid dienone is 3. The third-order valence-electron chi connectivity index (χ3n) is 3.77. The molecule has 0 atom stereocenters. The van der Waals surface area contributed by atoms with E-state index in [0.717, 1.165) is 31.1 Å². The van der Waals surface area contributed by atoms with Crippen LogP contribution in [0.25, 0.3) is 5.52 Å². The molecule has 7 heteroatoms. The van der Waals surface area contributed by atoms with Crippen LogP contribution in [0.3, 0.4) is 0 Å². The molecule has 130 valence electrons. The van der Waals surface area contributed by atoms with Gasteiger partial charge in [0.05, 0.1) is 5.52 Å². The van der Waals surface area contributed by atoms with Crippen molar-refractivity contribution in [3.05, 3.63) is 48.4 Å². The number of aliphatic imine (C=N–C) groups is 1. The van der Waals surface area contributed by atoms with Gasteiger partial charge in [-0.3, -0.25) is 4.79 Å². The quantitative estimate of drug-likeness (QED) is 0.624. The minimum absolute atomic E-state index is 0.138. The summed E-state index contributed by atoms with van der Waals surface area (Å²) in [5.74, 6) is 0.259. The van der Waals surface area contributed by atoms with E-state index in [-0.39, 0.29) is 11.5 Å². The summed E-state index contributed by atoms with van der Waals surface area (Å²) in [6.07, 6.45) is 6.87. The lowest BCUT2D eigenvalue weighted by atomic mass is 10.1. The first-order valence-electron chi connectivity index (χ1n) is 8.12. The number of aliphatic hydroxyl groups is 1. The van der Waals surface area contributed by atoms with E-state index in [0.29, 0.717) is 17.2 Å². The van der Waals surface area contributed by atoms with E-state index in [1.165, 1.54) is 12.2 Å². The Balaban J connectivity index is 1.92. The zero-order valence-electron chi connectivity index (χ0n) is 14.3. The van der Waals surface area contributed by atoms with Crippen LogP contribution in [0.15, 0.2) is 53.4 Å². The summed E-state index contributed by atoms with van der Waals surface area (Å²) in [5, 5.41) is 17.8. The molecule has 1 aliphatic rings. The molecular weight excluding hydrogens is 318 g/mol. The van der Waals surface area contributed by atoms with Gasteiger partial charge in [-0.05, 0) is 51.3 Å². The SMILES string of the molecule is CN(C)CCCNc1nn2ccccc2c1/N=C1\C=CC(=O)C=C1O. The number of nitrogens with zero attached hydrogens (tertiary/aromatic N) is 4. The van der Waals surface area contributed by atoms with Gasteiger partial charge in [0.2, 0.25) is 0 Å². The lowest BCUT2D eigenvalue weighted by Gasteiger charge is -2.10. The molecule has 2 aromatic heterocycles. The maximum Gasteiger partial charge on any atom is 0.182 e. The monoisotopic (exact) mass is 339 g/mol. The molecule has 7 nitrogen and oxygen atoms in total. The predicted octanol–water partition coefficient (Wildman–Crippen LogP) is 2.35. The van der Waals surface area contributed by atoms with Crippen molar-refractivity contribution in [2.24, 2.45) is 4.99 Å². The summed E-state index contributed by atoms with van der Waals surface area (Å²) in [6, 6.07) is 5.71. The Hall–Kier alpha value is -2.93. The number of anilines is 1. The maximum absolute atomic E-state index is 11.3. The third kappa shape index (κ3) is 3.95. The molecule has 0 fully saturated rings. The van der Waals surface area contributed by atoms with Crippen LogP contribution in [0.2, 0.25) is 0 Å². The van der Waals surface area contributed by atoms with Crippen LogP contribution in [-0.4, -0.2) is 58.3 Å². The molecule has 0 saturated carbocycles. The molecule has 0 aliphatic heterocycles. The van der Waals surface area contributed by atoms with Gasteiger partial charge in [-0.25, -0.2) is 9.51 Å². The van der Waals surface area contributed by atoms with Crippen molar-refractivity contribution in [3.63, 3.8) is 0 Å². The number of carbonyl (C=O) groups excluding carboxylic acids is 1. The number of nitrogens with one attached hydrogen (secondary N) is 1. The van der Waals surface area contributed by atoms with Crippen LogP contribution in [0.4, 0.5) is 11.5 Å². The highest BCUT2D eigenvalue weighted by Crippen LogP contribution is 2.30. The van der Waals surface area contributed by atoms with Crippen molar-refractivity contribution < 1.29 is 9.90 Å². The standard InChI is InChI=1S/C18H21N5O2/c1-22(2)10-5-9-19-18-17(15-6-3-4-11-23(15)21-18)20-14-8-7-13(24)12-16(14)25/h3-4,6-8,11-12,25H,5,9-10H2,1-2H3,(H,19,21)/b20-14+. The minimum atomic E-state index is -0.252. The summed E-state index contributed by atoms with van der Waals surface area (Å²) in [6.45, 7) is 1.73. The van der Waals surface area contributed by atoms with Gasteiger partial charge in [-0.15, -0.1) is 5.10 Å². The molecule has 0 unspecified atom stereocenters. The summed E-state index contributed by atoms with van der Waals surface area (Å²) in [5.41, 5.74) is 1.80. The maximum atomic E-state index is 11.3. The fraction of sp³-hybridized carbons (Fsp3) is 0.278. The third-order valence-corrected chi connectivity index (χ3v) is 3.77. The number of hydrogen-bond acceptors (Lipinski definition) is 6. The van der Waals surface area contributed by atoms with E-state index in [2.05, 4.69) is 20.3 Å². The van der Waals surface area contributed by atoms with Crippen molar-refractivity contribution in [3.8, 4) is 0 Å². The highest BCUT2D eigenvalue weighted by Gasteiger charge is 2.15. The van der Waals surface area contributed by atoms with E-state index >= 15 is 0 Å². The average molecular weight is 339 g/mol. The number of fused-ring (bicyclic) bond motifs is 1. The van der Waals surface area contributed by atoms with Crippen LogP contribution in [0.5, 0.6) is 0 Å². The number of carbonyl (C=O) groups is 1. The molecule has 25 heavy (non-hydrogen) atoms. The van der Waals surface area contributed by atoms with Crippen LogP contribution < -0.4 is 5.32 Å². The molecule has 3 rings (SSSR count). The van der Waals surface area contributed by atoms with E-state index in [4.69, 9.17) is 0 Å². The van der Waals surface area contributed by atoms with Gasteiger partial charge in [0.25, 0.3) is 0 Å². The van der Waals surface area contributed by atoms with Gasteiger partial charge in [0, 0.05) is 18.8 Å². The highest BCUT2D eigenvalue weighted by molar-refractivity contribution is 6.19. The van der Waals surface area contributed by atoms with Gasteiger partial charge in [0.15, 0.2) is 11.6 Å². The molecule has 2 heterocycles. The number of aliphatic hydroxyl groups excluding tert-OH is 1. The number of hydrogen-bond donors (Lipinski definition) is 2. The van der Waals surface area contributed by atoms with E-state index in [9.17, 15) is 9.90 Å². The van der Waals surface area contributed by atoms with Crippen LogP contribution in [0.1, 0.15) is 6.42 Å². The Kier molecular flexibility index (Phi) is 4.95. The molecule has 0 amide bonds. The Morgan fingerprint density at radius 1 is 1.32 bits per heavy atom. The fourth-order valence-corrected chi connectivity index (χ4v) is 2.54. The number of rotatable bonds is 6.